The van der Waals surface area contributed by atoms with Crippen LogP contribution in [0.4, 0.5) is 4.79 Å². The Kier molecular flexibility index (Phi) is 4.74. The van der Waals surface area contributed by atoms with E-state index in [9.17, 15) is 9.59 Å². The summed E-state index contributed by atoms with van der Waals surface area (Å²) in [6.45, 7) is 3.14. The van der Waals surface area contributed by atoms with Crippen LogP contribution in [0.15, 0.2) is 12.1 Å². The molecule has 0 bridgehead atoms. The third-order valence-corrected chi connectivity index (χ3v) is 4.78. The predicted octanol–water partition coefficient (Wildman–Crippen LogP) is 2.66. The Morgan fingerprint density at radius 1 is 1.24 bits per heavy atom. The number of likely N-dealkylation sites (tertiary alicyclic amines) is 1. The number of nitrogens with zero attached hydrogens (tertiary/aromatic N) is 1. The van der Waals surface area contributed by atoms with E-state index < -0.39 is 5.60 Å². The van der Waals surface area contributed by atoms with Crippen LogP contribution < -0.4 is 14.2 Å². The van der Waals surface area contributed by atoms with Crippen LogP contribution in [-0.4, -0.2) is 56.3 Å². The molecule has 7 nitrogen and oxygen atoms in total. The Morgan fingerprint density at radius 3 is 2.56 bits per heavy atom. The van der Waals surface area contributed by atoms with Crippen LogP contribution in [0.5, 0.6) is 17.2 Å². The number of ketones is 1. The lowest BCUT2D eigenvalue weighted by Crippen LogP contribution is -2.52. The quantitative estimate of drug-likeness (QED) is 0.835. The van der Waals surface area contributed by atoms with Crippen LogP contribution in [0.1, 0.15) is 36.5 Å². The second-order valence-corrected chi connectivity index (χ2v) is 6.27. The van der Waals surface area contributed by atoms with E-state index in [-0.39, 0.29) is 18.3 Å². The van der Waals surface area contributed by atoms with Gasteiger partial charge in [-0.05, 0) is 6.92 Å². The Bertz CT molecular complexity index is 678. The fourth-order valence-corrected chi connectivity index (χ4v) is 3.44. The molecule has 0 unspecified atom stereocenters. The van der Waals surface area contributed by atoms with Gasteiger partial charge in [0, 0.05) is 38.1 Å². The molecule has 1 aromatic rings. The second kappa shape index (κ2) is 6.82. The lowest BCUT2D eigenvalue weighted by molar-refractivity contribution is -0.00897. The minimum atomic E-state index is -0.593. The van der Waals surface area contributed by atoms with Crippen LogP contribution in [0.3, 0.4) is 0 Å². The summed E-state index contributed by atoms with van der Waals surface area (Å²) in [5, 5.41) is 0. The highest BCUT2D eigenvalue weighted by Crippen LogP contribution is 2.44. The van der Waals surface area contributed by atoms with Gasteiger partial charge >= 0.3 is 6.09 Å². The van der Waals surface area contributed by atoms with Gasteiger partial charge in [-0.1, -0.05) is 0 Å². The highest BCUT2D eigenvalue weighted by molar-refractivity contribution is 6.03. The molecule has 0 aromatic heterocycles. The molecule has 0 radical (unpaired) electrons. The molecule has 3 rings (SSSR count). The molecule has 0 N–H and O–H groups in total. The fourth-order valence-electron chi connectivity index (χ4n) is 3.44. The minimum absolute atomic E-state index is 0.00895. The monoisotopic (exact) mass is 349 g/mol. The van der Waals surface area contributed by atoms with Gasteiger partial charge in [0.15, 0.2) is 5.78 Å². The molecule has 0 saturated carbocycles. The van der Waals surface area contributed by atoms with Crippen LogP contribution in [0.2, 0.25) is 0 Å². The third kappa shape index (κ3) is 3.23. The standard InChI is InChI=1S/C18H23NO6/c1-4-24-17(21)19-7-5-18(6-8-19)11-13(20)16-14(23-3)9-12(22-2)10-15(16)25-18/h9-10H,4-8,11H2,1-3H3. The highest BCUT2D eigenvalue weighted by atomic mass is 16.6. The summed E-state index contributed by atoms with van der Waals surface area (Å²) in [5.74, 6) is 1.50. The topological polar surface area (TPSA) is 74.3 Å². The SMILES string of the molecule is CCOC(=O)N1CCC2(CC1)CC(=O)c1c(OC)cc(OC)cc1O2. The smallest absolute Gasteiger partial charge is 0.409 e. The van der Waals surface area contributed by atoms with E-state index in [1.807, 2.05) is 0 Å². The number of fused-ring (bicyclic) bond motifs is 1. The van der Waals surface area contributed by atoms with Crippen molar-refractivity contribution in [3.8, 4) is 17.2 Å². The third-order valence-electron chi connectivity index (χ3n) is 4.78. The van der Waals surface area contributed by atoms with Crippen molar-refractivity contribution < 1.29 is 28.5 Å². The number of carbonyl (C=O) groups is 2. The van der Waals surface area contributed by atoms with Crippen molar-refractivity contribution in [3.63, 3.8) is 0 Å². The van der Waals surface area contributed by atoms with Crippen molar-refractivity contribution in [2.75, 3.05) is 33.9 Å². The molecule has 0 aliphatic carbocycles. The predicted molar refractivity (Wildman–Crippen MR) is 89.7 cm³/mol. The Labute approximate surface area is 146 Å². The van der Waals surface area contributed by atoms with Crippen molar-refractivity contribution in [1.82, 2.24) is 4.90 Å². The molecular weight excluding hydrogens is 326 g/mol. The Morgan fingerprint density at radius 2 is 1.96 bits per heavy atom. The Balaban J connectivity index is 1.82. The van der Waals surface area contributed by atoms with Gasteiger partial charge in [0.05, 0.1) is 27.2 Å². The molecule has 7 heteroatoms. The molecule has 1 aromatic carbocycles. The van der Waals surface area contributed by atoms with Crippen LogP contribution in [-0.2, 0) is 4.74 Å². The van der Waals surface area contributed by atoms with Gasteiger partial charge in [-0.25, -0.2) is 4.79 Å². The average Bonchev–Trinajstić information content (AvgIpc) is 2.61. The molecule has 25 heavy (non-hydrogen) atoms. The summed E-state index contributed by atoms with van der Waals surface area (Å²) >= 11 is 0. The molecule has 1 amide bonds. The highest BCUT2D eigenvalue weighted by Gasteiger charge is 2.45. The zero-order valence-electron chi connectivity index (χ0n) is 14.8. The van der Waals surface area contributed by atoms with Gasteiger partial charge in [0.1, 0.15) is 28.4 Å². The first-order valence-corrected chi connectivity index (χ1v) is 8.42. The van der Waals surface area contributed by atoms with Crippen molar-refractivity contribution in [2.24, 2.45) is 0 Å². The van der Waals surface area contributed by atoms with Gasteiger partial charge in [-0.2, -0.15) is 0 Å². The number of hydrogen-bond acceptors (Lipinski definition) is 6. The van der Waals surface area contributed by atoms with Crippen LogP contribution in [0.25, 0.3) is 0 Å². The van der Waals surface area contributed by atoms with Crippen LogP contribution in [0, 0.1) is 0 Å². The van der Waals surface area contributed by atoms with Gasteiger partial charge in [-0.15, -0.1) is 0 Å². The number of hydrogen-bond donors (Lipinski definition) is 0. The molecule has 1 saturated heterocycles. The number of ether oxygens (including phenoxy) is 4. The minimum Gasteiger partial charge on any atom is -0.496 e. The van der Waals surface area contributed by atoms with Gasteiger partial charge in [-0.3, -0.25) is 4.79 Å². The first kappa shape index (κ1) is 17.4. The molecule has 2 aliphatic heterocycles. The first-order valence-electron chi connectivity index (χ1n) is 8.42. The van der Waals surface area contributed by atoms with Gasteiger partial charge in [0.25, 0.3) is 0 Å². The number of amides is 1. The number of rotatable bonds is 3. The maximum absolute atomic E-state index is 12.8. The van der Waals surface area contributed by atoms with E-state index in [0.717, 1.165) is 0 Å². The lowest BCUT2D eigenvalue weighted by atomic mass is 9.82. The molecule has 0 atom stereocenters. The largest absolute Gasteiger partial charge is 0.496 e. The lowest BCUT2D eigenvalue weighted by Gasteiger charge is -2.43. The molecular formula is C18H23NO6. The summed E-state index contributed by atoms with van der Waals surface area (Å²) in [7, 11) is 3.07. The Hall–Kier alpha value is -2.44. The number of benzene rings is 1. The summed E-state index contributed by atoms with van der Waals surface area (Å²) in [4.78, 5) is 26.3. The van der Waals surface area contributed by atoms with E-state index in [1.165, 1.54) is 7.11 Å². The first-order chi connectivity index (χ1) is 12.0. The molecule has 136 valence electrons. The summed E-state index contributed by atoms with van der Waals surface area (Å²) in [5.41, 5.74) is -0.133. The maximum atomic E-state index is 12.8. The summed E-state index contributed by atoms with van der Waals surface area (Å²) in [6.07, 6.45) is 1.12. The number of Topliss-reactive ketones (excluding diaryl/α,β-unsaturated/α-hetero) is 1. The van der Waals surface area contributed by atoms with Crippen molar-refractivity contribution in [1.29, 1.82) is 0 Å². The van der Waals surface area contributed by atoms with E-state index in [4.69, 9.17) is 18.9 Å². The van der Waals surface area contributed by atoms with Crippen molar-refractivity contribution in [3.05, 3.63) is 17.7 Å². The molecule has 2 heterocycles. The normalized spacial score (nSPS) is 18.4. The summed E-state index contributed by atoms with van der Waals surface area (Å²) < 4.78 is 21.9. The average molecular weight is 349 g/mol. The van der Waals surface area contributed by atoms with Crippen molar-refractivity contribution >= 4 is 11.9 Å². The molecule has 2 aliphatic rings. The number of carbonyl (C=O) groups excluding carboxylic acids is 2. The van der Waals surface area contributed by atoms with E-state index in [0.29, 0.717) is 55.4 Å². The van der Waals surface area contributed by atoms with E-state index in [2.05, 4.69) is 0 Å². The van der Waals surface area contributed by atoms with E-state index >= 15 is 0 Å². The number of piperidine rings is 1. The van der Waals surface area contributed by atoms with Gasteiger partial charge < -0.3 is 23.8 Å². The van der Waals surface area contributed by atoms with Crippen LogP contribution >= 0.6 is 0 Å². The zero-order valence-corrected chi connectivity index (χ0v) is 14.8. The second-order valence-electron chi connectivity index (χ2n) is 6.27. The zero-order chi connectivity index (χ0) is 18.0. The fraction of sp³-hybridized carbons (Fsp3) is 0.556. The number of methoxy groups -OCH3 is 2. The maximum Gasteiger partial charge on any atom is 0.409 e. The molecule has 1 spiro atoms. The summed E-state index contributed by atoms with van der Waals surface area (Å²) in [6, 6.07) is 3.40. The van der Waals surface area contributed by atoms with Gasteiger partial charge in [0.2, 0.25) is 0 Å². The van der Waals surface area contributed by atoms with Crippen molar-refractivity contribution in [2.45, 2.75) is 31.8 Å². The van der Waals surface area contributed by atoms with E-state index in [1.54, 1.807) is 31.1 Å². The molecule has 1 fully saturated rings.